The number of hydrogen-bond acceptors (Lipinski definition) is 3. The summed E-state index contributed by atoms with van der Waals surface area (Å²) in [7, 11) is 1.62. The van der Waals surface area contributed by atoms with Gasteiger partial charge in [-0.15, -0.1) is 0 Å². The highest BCUT2D eigenvalue weighted by atomic mass is 16.5. The highest BCUT2D eigenvalue weighted by Gasteiger charge is 2.41. The molecule has 27 heavy (non-hydrogen) atoms. The van der Waals surface area contributed by atoms with Crippen LogP contribution in [0.1, 0.15) is 53.2 Å². The zero-order valence-electron chi connectivity index (χ0n) is 15.5. The topological polar surface area (TPSA) is 58.6 Å². The number of hydrogen-bond donors (Lipinski definition) is 1. The van der Waals surface area contributed by atoms with Crippen molar-refractivity contribution >= 4 is 11.8 Å². The molecule has 1 atom stereocenters. The number of carbonyl (C=O) groups excluding carboxylic acids is 2. The normalized spacial score (nSPS) is 19.2. The van der Waals surface area contributed by atoms with E-state index in [1.165, 1.54) is 0 Å². The molecule has 1 aliphatic heterocycles. The molecule has 0 radical (unpaired) electrons. The number of amides is 2. The van der Waals surface area contributed by atoms with Gasteiger partial charge in [0.05, 0.1) is 7.11 Å². The summed E-state index contributed by atoms with van der Waals surface area (Å²) in [5.41, 5.74) is 2.39. The minimum Gasteiger partial charge on any atom is -0.497 e. The molecule has 0 saturated heterocycles. The minimum absolute atomic E-state index is 0.0753. The number of ether oxygens (including phenoxy) is 1. The number of methoxy groups -OCH3 is 1. The van der Waals surface area contributed by atoms with Crippen LogP contribution < -0.4 is 10.1 Å². The number of nitrogens with zero attached hydrogens (tertiary/aromatic N) is 1. The Labute approximate surface area is 159 Å². The van der Waals surface area contributed by atoms with E-state index in [4.69, 9.17) is 4.74 Å². The summed E-state index contributed by atoms with van der Waals surface area (Å²) in [6.07, 6.45) is 4.35. The second-order valence-corrected chi connectivity index (χ2v) is 7.26. The fourth-order valence-corrected chi connectivity index (χ4v) is 4.09. The molecule has 2 aliphatic rings. The summed E-state index contributed by atoms with van der Waals surface area (Å²) in [5.74, 6) is 0.604. The zero-order chi connectivity index (χ0) is 18.8. The first-order chi connectivity index (χ1) is 13.2. The van der Waals surface area contributed by atoms with Crippen molar-refractivity contribution in [2.45, 2.75) is 44.3 Å². The zero-order valence-corrected chi connectivity index (χ0v) is 15.5. The number of nitrogens with one attached hydrogen (secondary N) is 1. The summed E-state index contributed by atoms with van der Waals surface area (Å²) in [5, 5.41) is 3.16. The van der Waals surface area contributed by atoms with Gasteiger partial charge in [-0.1, -0.05) is 43.2 Å². The largest absolute Gasteiger partial charge is 0.497 e. The van der Waals surface area contributed by atoms with E-state index in [-0.39, 0.29) is 17.9 Å². The molecule has 1 heterocycles. The molecule has 1 fully saturated rings. The Morgan fingerprint density at radius 1 is 1.11 bits per heavy atom. The van der Waals surface area contributed by atoms with Gasteiger partial charge in [-0.05, 0) is 42.2 Å². The lowest BCUT2D eigenvalue weighted by Crippen LogP contribution is -2.42. The Hall–Kier alpha value is -2.82. The van der Waals surface area contributed by atoms with Gasteiger partial charge in [0.2, 0.25) is 5.91 Å². The highest BCUT2D eigenvalue weighted by molar-refractivity contribution is 6.04. The van der Waals surface area contributed by atoms with Crippen LogP contribution in [0.2, 0.25) is 0 Å². The molecule has 140 valence electrons. The quantitative estimate of drug-likeness (QED) is 0.884. The van der Waals surface area contributed by atoms with E-state index in [1.54, 1.807) is 12.0 Å². The van der Waals surface area contributed by atoms with Crippen molar-refractivity contribution in [3.05, 3.63) is 65.2 Å². The first-order valence-corrected chi connectivity index (χ1v) is 9.50. The maximum Gasteiger partial charge on any atom is 0.255 e. The van der Waals surface area contributed by atoms with Gasteiger partial charge in [0.15, 0.2) is 0 Å². The summed E-state index contributed by atoms with van der Waals surface area (Å²) in [6, 6.07) is 14.7. The van der Waals surface area contributed by atoms with E-state index in [2.05, 4.69) is 5.32 Å². The summed E-state index contributed by atoms with van der Waals surface area (Å²) < 4.78 is 5.20. The molecule has 1 saturated carbocycles. The number of carbonyl (C=O) groups is 2. The Morgan fingerprint density at radius 2 is 1.81 bits per heavy atom. The molecule has 1 unspecified atom stereocenters. The van der Waals surface area contributed by atoms with Crippen LogP contribution >= 0.6 is 0 Å². The lowest BCUT2D eigenvalue weighted by molar-refractivity contribution is -0.126. The van der Waals surface area contributed by atoms with Crippen LogP contribution in [0.25, 0.3) is 0 Å². The molecule has 5 nitrogen and oxygen atoms in total. The molecule has 4 rings (SSSR count). The molecular weight excluding hydrogens is 340 g/mol. The molecule has 0 spiro atoms. The van der Waals surface area contributed by atoms with Crippen LogP contribution in [0.4, 0.5) is 0 Å². The second-order valence-electron chi connectivity index (χ2n) is 7.26. The molecule has 1 aliphatic carbocycles. The Bertz CT molecular complexity index is 841. The predicted octanol–water partition coefficient (Wildman–Crippen LogP) is 3.45. The standard InChI is InChI=1S/C22H24N2O3/c1-27-17-12-10-15(11-13-17)14-24-20(21(25)23-16-6-2-3-7-16)18-8-4-5-9-19(18)22(24)26/h4-5,8-13,16,20H,2-3,6-7,14H2,1H3,(H,23,25). The van der Waals surface area contributed by atoms with E-state index < -0.39 is 6.04 Å². The van der Waals surface area contributed by atoms with Crippen LogP contribution in [0.5, 0.6) is 5.75 Å². The second kappa shape index (κ2) is 7.43. The first-order valence-electron chi connectivity index (χ1n) is 9.50. The molecule has 2 aromatic rings. The Morgan fingerprint density at radius 3 is 2.52 bits per heavy atom. The van der Waals surface area contributed by atoms with Crippen molar-refractivity contribution in [2.75, 3.05) is 7.11 Å². The SMILES string of the molecule is COc1ccc(CN2C(=O)c3ccccc3C2C(=O)NC2CCCC2)cc1. The van der Waals surface area contributed by atoms with E-state index >= 15 is 0 Å². The lowest BCUT2D eigenvalue weighted by atomic mass is 10.0. The monoisotopic (exact) mass is 364 g/mol. The van der Waals surface area contributed by atoms with Gasteiger partial charge in [0, 0.05) is 18.2 Å². The van der Waals surface area contributed by atoms with Crippen LogP contribution in [0.15, 0.2) is 48.5 Å². The van der Waals surface area contributed by atoms with Crippen molar-refractivity contribution in [1.82, 2.24) is 10.2 Å². The Kier molecular flexibility index (Phi) is 4.84. The van der Waals surface area contributed by atoms with E-state index in [9.17, 15) is 9.59 Å². The maximum atomic E-state index is 13.1. The molecule has 2 amide bonds. The number of rotatable bonds is 5. The van der Waals surface area contributed by atoms with Gasteiger partial charge in [-0.25, -0.2) is 0 Å². The summed E-state index contributed by atoms with van der Waals surface area (Å²) >= 11 is 0. The lowest BCUT2D eigenvalue weighted by Gasteiger charge is -2.26. The maximum absolute atomic E-state index is 13.1. The Balaban J connectivity index is 1.61. The average Bonchev–Trinajstić information content (AvgIpc) is 3.29. The van der Waals surface area contributed by atoms with Crippen molar-refractivity contribution in [3.8, 4) is 5.75 Å². The molecule has 2 aromatic carbocycles. The molecule has 5 heteroatoms. The molecule has 0 aromatic heterocycles. The van der Waals surface area contributed by atoms with Crippen LogP contribution in [-0.2, 0) is 11.3 Å². The van der Waals surface area contributed by atoms with Gasteiger partial charge in [0.25, 0.3) is 5.91 Å². The fourth-order valence-electron chi connectivity index (χ4n) is 4.09. The van der Waals surface area contributed by atoms with E-state index in [0.29, 0.717) is 12.1 Å². The van der Waals surface area contributed by atoms with Gasteiger partial charge in [-0.3, -0.25) is 9.59 Å². The highest BCUT2D eigenvalue weighted by Crippen LogP contribution is 2.35. The summed E-state index contributed by atoms with van der Waals surface area (Å²) in [6.45, 7) is 0.389. The van der Waals surface area contributed by atoms with Gasteiger partial charge < -0.3 is 15.0 Å². The van der Waals surface area contributed by atoms with Crippen molar-refractivity contribution in [2.24, 2.45) is 0 Å². The number of benzene rings is 2. The smallest absolute Gasteiger partial charge is 0.255 e. The van der Waals surface area contributed by atoms with Crippen molar-refractivity contribution in [3.63, 3.8) is 0 Å². The van der Waals surface area contributed by atoms with Crippen molar-refractivity contribution in [1.29, 1.82) is 0 Å². The molecule has 1 N–H and O–H groups in total. The van der Waals surface area contributed by atoms with E-state index in [0.717, 1.165) is 42.6 Å². The van der Waals surface area contributed by atoms with Gasteiger partial charge in [-0.2, -0.15) is 0 Å². The van der Waals surface area contributed by atoms with E-state index in [1.807, 2.05) is 48.5 Å². The first kappa shape index (κ1) is 17.6. The third-order valence-corrected chi connectivity index (χ3v) is 5.52. The fraction of sp³-hybridized carbons (Fsp3) is 0.364. The molecule has 0 bridgehead atoms. The van der Waals surface area contributed by atoms with Crippen LogP contribution in [0.3, 0.4) is 0 Å². The summed E-state index contributed by atoms with van der Waals surface area (Å²) in [4.78, 5) is 27.8. The third-order valence-electron chi connectivity index (χ3n) is 5.52. The third kappa shape index (κ3) is 3.42. The minimum atomic E-state index is -0.573. The van der Waals surface area contributed by atoms with Crippen molar-refractivity contribution < 1.29 is 14.3 Å². The number of fused-ring (bicyclic) bond motifs is 1. The van der Waals surface area contributed by atoms with Crippen LogP contribution in [0, 0.1) is 0 Å². The predicted molar refractivity (Wildman–Crippen MR) is 102 cm³/mol. The molecular formula is C22H24N2O3. The van der Waals surface area contributed by atoms with Gasteiger partial charge in [0.1, 0.15) is 11.8 Å². The van der Waals surface area contributed by atoms with Gasteiger partial charge >= 0.3 is 0 Å². The van der Waals surface area contributed by atoms with Crippen LogP contribution in [-0.4, -0.2) is 29.9 Å². The average molecular weight is 364 g/mol.